The Bertz CT molecular complexity index is 562. The Balaban J connectivity index is 2.34. The maximum absolute atomic E-state index is 12.9. The van der Waals surface area contributed by atoms with Gasteiger partial charge in [0.15, 0.2) is 0 Å². The van der Waals surface area contributed by atoms with E-state index in [1.54, 1.807) is 18.3 Å². The van der Waals surface area contributed by atoms with Crippen molar-refractivity contribution >= 4 is 15.8 Å². The number of nitrogens with zero attached hydrogens (tertiary/aromatic N) is 2. The Labute approximate surface area is 126 Å². The van der Waals surface area contributed by atoms with Crippen LogP contribution < -0.4 is 5.32 Å². The zero-order valence-corrected chi connectivity index (χ0v) is 13.1. The van der Waals surface area contributed by atoms with E-state index in [0.717, 1.165) is 19.3 Å². The van der Waals surface area contributed by atoms with Gasteiger partial charge in [-0.15, -0.1) is 0 Å². The van der Waals surface area contributed by atoms with Crippen molar-refractivity contribution in [3.8, 4) is 0 Å². The first-order valence-electron chi connectivity index (χ1n) is 7.42. The Hall–Kier alpha value is -1.18. The molecule has 0 spiro atoms. The molecule has 1 aromatic rings. The minimum atomic E-state index is -3.64. The minimum Gasteiger partial charge on any atom is -0.395 e. The summed E-state index contributed by atoms with van der Waals surface area (Å²) in [5.41, 5.74) is 0. The van der Waals surface area contributed by atoms with Crippen molar-refractivity contribution in [3.05, 3.63) is 18.3 Å². The number of sulfonamides is 1. The number of nitrogens with one attached hydrogen (secondary N) is 1. The number of piperidine rings is 1. The average Bonchev–Trinajstić information content (AvgIpc) is 2.53. The van der Waals surface area contributed by atoms with Gasteiger partial charge in [-0.05, 0) is 31.4 Å². The van der Waals surface area contributed by atoms with Crippen molar-refractivity contribution in [1.29, 1.82) is 0 Å². The normalized spacial score (nSPS) is 20.4. The second kappa shape index (κ2) is 7.20. The maximum Gasteiger partial charge on any atom is 0.247 e. The summed E-state index contributed by atoms with van der Waals surface area (Å²) >= 11 is 0. The highest BCUT2D eigenvalue weighted by Gasteiger charge is 2.34. The van der Waals surface area contributed by atoms with E-state index in [9.17, 15) is 13.5 Å². The van der Waals surface area contributed by atoms with Crippen LogP contribution in [0.2, 0.25) is 0 Å². The molecular formula is C14H23N3O3S. The lowest BCUT2D eigenvalue weighted by Gasteiger charge is -2.33. The molecular weight excluding hydrogens is 290 g/mol. The quantitative estimate of drug-likeness (QED) is 0.830. The molecule has 0 aromatic carbocycles. The van der Waals surface area contributed by atoms with Gasteiger partial charge in [0.1, 0.15) is 10.7 Å². The molecule has 1 unspecified atom stereocenters. The molecule has 21 heavy (non-hydrogen) atoms. The van der Waals surface area contributed by atoms with E-state index in [-0.39, 0.29) is 17.5 Å². The third-order valence-corrected chi connectivity index (χ3v) is 5.67. The molecule has 118 valence electrons. The zero-order chi connectivity index (χ0) is 15.3. The van der Waals surface area contributed by atoms with E-state index in [0.29, 0.717) is 25.3 Å². The lowest BCUT2D eigenvalue weighted by Crippen LogP contribution is -2.45. The highest BCUT2D eigenvalue weighted by molar-refractivity contribution is 7.89. The van der Waals surface area contributed by atoms with Crippen molar-refractivity contribution in [2.24, 2.45) is 0 Å². The summed E-state index contributed by atoms with van der Waals surface area (Å²) in [5, 5.41) is 12.5. The van der Waals surface area contributed by atoms with Gasteiger partial charge in [-0.2, -0.15) is 4.31 Å². The zero-order valence-electron chi connectivity index (χ0n) is 12.3. The van der Waals surface area contributed by atoms with Gasteiger partial charge >= 0.3 is 0 Å². The number of hydrogen-bond donors (Lipinski definition) is 2. The largest absolute Gasteiger partial charge is 0.395 e. The van der Waals surface area contributed by atoms with Crippen LogP contribution in [-0.4, -0.2) is 48.6 Å². The summed E-state index contributed by atoms with van der Waals surface area (Å²) < 4.78 is 27.2. The SMILES string of the molecule is CCCNc1ncccc1S(=O)(=O)N1CCCCC1CO. The fourth-order valence-corrected chi connectivity index (χ4v) is 4.38. The van der Waals surface area contributed by atoms with Gasteiger partial charge in [0.25, 0.3) is 0 Å². The molecule has 7 heteroatoms. The second-order valence-electron chi connectivity index (χ2n) is 5.22. The van der Waals surface area contributed by atoms with Crippen LogP contribution in [0.25, 0.3) is 0 Å². The van der Waals surface area contributed by atoms with Gasteiger partial charge in [-0.25, -0.2) is 13.4 Å². The van der Waals surface area contributed by atoms with E-state index in [4.69, 9.17) is 0 Å². The summed E-state index contributed by atoms with van der Waals surface area (Å²) in [5.74, 6) is 0.390. The Morgan fingerprint density at radius 2 is 2.29 bits per heavy atom. The van der Waals surface area contributed by atoms with Crippen LogP contribution in [0, 0.1) is 0 Å². The molecule has 1 aromatic heterocycles. The molecule has 2 rings (SSSR count). The highest BCUT2D eigenvalue weighted by atomic mass is 32.2. The van der Waals surface area contributed by atoms with Gasteiger partial charge in [0.05, 0.1) is 6.61 Å². The molecule has 1 atom stereocenters. The van der Waals surface area contributed by atoms with Crippen molar-refractivity contribution in [1.82, 2.24) is 9.29 Å². The van der Waals surface area contributed by atoms with Crippen molar-refractivity contribution in [2.45, 2.75) is 43.5 Å². The number of aliphatic hydroxyl groups excluding tert-OH is 1. The fourth-order valence-electron chi connectivity index (χ4n) is 2.57. The predicted octanol–water partition coefficient (Wildman–Crippen LogP) is 1.44. The molecule has 2 N–H and O–H groups in total. The van der Waals surface area contributed by atoms with Crippen LogP contribution >= 0.6 is 0 Å². The molecule has 1 fully saturated rings. The summed E-state index contributed by atoms with van der Waals surface area (Å²) in [6.45, 7) is 2.99. The second-order valence-corrected chi connectivity index (χ2v) is 7.08. The molecule has 1 aliphatic rings. The number of hydrogen-bond acceptors (Lipinski definition) is 5. The lowest BCUT2D eigenvalue weighted by molar-refractivity contribution is 0.155. The number of anilines is 1. The van der Waals surface area contributed by atoms with Gasteiger partial charge in [-0.1, -0.05) is 13.3 Å². The summed E-state index contributed by atoms with van der Waals surface area (Å²) in [7, 11) is -3.64. The van der Waals surface area contributed by atoms with Gasteiger partial charge < -0.3 is 10.4 Å². The summed E-state index contributed by atoms with van der Waals surface area (Å²) in [4.78, 5) is 4.34. The van der Waals surface area contributed by atoms with E-state index >= 15 is 0 Å². The smallest absolute Gasteiger partial charge is 0.247 e. The molecule has 0 aliphatic carbocycles. The topological polar surface area (TPSA) is 82.5 Å². The number of rotatable bonds is 6. The molecule has 2 heterocycles. The maximum atomic E-state index is 12.9. The monoisotopic (exact) mass is 313 g/mol. The number of aromatic nitrogens is 1. The van der Waals surface area contributed by atoms with Crippen molar-refractivity contribution in [3.63, 3.8) is 0 Å². The molecule has 0 saturated carbocycles. The average molecular weight is 313 g/mol. The predicted molar refractivity (Wildman–Crippen MR) is 81.6 cm³/mol. The third-order valence-electron chi connectivity index (χ3n) is 3.68. The Kier molecular flexibility index (Phi) is 5.55. The van der Waals surface area contributed by atoms with Crippen LogP contribution in [0.5, 0.6) is 0 Å². The molecule has 6 nitrogen and oxygen atoms in total. The standard InChI is InChI=1S/C14H23N3O3S/c1-2-8-15-14-13(7-5-9-16-14)21(19,20)17-10-4-3-6-12(17)11-18/h5,7,9,12,18H,2-4,6,8,10-11H2,1H3,(H,15,16). The number of aliphatic hydroxyl groups is 1. The van der Waals surface area contributed by atoms with Crippen LogP contribution in [0.15, 0.2) is 23.2 Å². The van der Waals surface area contributed by atoms with Crippen LogP contribution in [-0.2, 0) is 10.0 Å². The number of pyridine rings is 1. The Morgan fingerprint density at radius 1 is 1.48 bits per heavy atom. The van der Waals surface area contributed by atoms with Crippen LogP contribution in [0.1, 0.15) is 32.6 Å². The molecule has 0 bridgehead atoms. The first-order valence-corrected chi connectivity index (χ1v) is 8.87. The van der Waals surface area contributed by atoms with Gasteiger partial charge in [0.2, 0.25) is 10.0 Å². The molecule has 1 saturated heterocycles. The summed E-state index contributed by atoms with van der Waals surface area (Å²) in [6, 6.07) is 2.87. The fraction of sp³-hybridized carbons (Fsp3) is 0.643. The first kappa shape index (κ1) is 16.2. The third kappa shape index (κ3) is 3.53. The Morgan fingerprint density at radius 3 is 3.00 bits per heavy atom. The summed E-state index contributed by atoms with van der Waals surface area (Å²) in [6.07, 6.45) is 4.95. The minimum absolute atomic E-state index is 0.142. The van der Waals surface area contributed by atoms with Crippen molar-refractivity contribution in [2.75, 3.05) is 25.0 Å². The van der Waals surface area contributed by atoms with E-state index in [1.807, 2.05) is 6.92 Å². The van der Waals surface area contributed by atoms with E-state index in [1.165, 1.54) is 4.31 Å². The van der Waals surface area contributed by atoms with Gasteiger partial charge in [-0.3, -0.25) is 0 Å². The molecule has 0 radical (unpaired) electrons. The van der Waals surface area contributed by atoms with E-state index < -0.39 is 10.0 Å². The van der Waals surface area contributed by atoms with Crippen molar-refractivity contribution < 1.29 is 13.5 Å². The van der Waals surface area contributed by atoms with E-state index in [2.05, 4.69) is 10.3 Å². The lowest BCUT2D eigenvalue weighted by atomic mass is 10.1. The van der Waals surface area contributed by atoms with Crippen LogP contribution in [0.3, 0.4) is 0 Å². The first-order chi connectivity index (χ1) is 10.1. The van der Waals surface area contributed by atoms with Crippen LogP contribution in [0.4, 0.5) is 5.82 Å². The molecule has 1 aliphatic heterocycles. The van der Waals surface area contributed by atoms with Gasteiger partial charge in [0, 0.05) is 25.3 Å². The highest BCUT2D eigenvalue weighted by Crippen LogP contribution is 2.28. The molecule has 0 amide bonds.